The summed E-state index contributed by atoms with van der Waals surface area (Å²) in [5.74, 6) is -0.0425. The van der Waals surface area contributed by atoms with Crippen molar-refractivity contribution in [1.82, 2.24) is 10.3 Å². The number of hydrogen-bond acceptors (Lipinski definition) is 3. The van der Waals surface area contributed by atoms with Crippen LogP contribution in [0.2, 0.25) is 0 Å². The average molecular weight is 196 g/mol. The minimum absolute atomic E-state index is 0.0425. The van der Waals surface area contributed by atoms with Crippen LogP contribution >= 0.6 is 11.3 Å². The summed E-state index contributed by atoms with van der Waals surface area (Å²) in [6, 6.07) is 0. The van der Waals surface area contributed by atoms with Crippen LogP contribution in [-0.4, -0.2) is 17.4 Å². The van der Waals surface area contributed by atoms with Crippen LogP contribution < -0.4 is 5.32 Å². The Balaban J connectivity index is 2.18. The lowest BCUT2D eigenvalue weighted by molar-refractivity contribution is -0.116. The standard InChI is InChI=1S/C9H12N2OS/c1-2-3-8(12)10-5-4-9-11-6-7-13-9/h2-3,6-7H,4-5H2,1H3,(H,10,12). The number of thiazole rings is 1. The molecule has 70 valence electrons. The smallest absolute Gasteiger partial charge is 0.243 e. The minimum Gasteiger partial charge on any atom is -0.352 e. The summed E-state index contributed by atoms with van der Waals surface area (Å²) in [7, 11) is 0. The van der Waals surface area contributed by atoms with Crippen molar-refractivity contribution in [1.29, 1.82) is 0 Å². The lowest BCUT2D eigenvalue weighted by Crippen LogP contribution is -2.23. The topological polar surface area (TPSA) is 42.0 Å². The van der Waals surface area contributed by atoms with E-state index in [1.807, 2.05) is 12.3 Å². The van der Waals surface area contributed by atoms with Crippen LogP contribution in [0.3, 0.4) is 0 Å². The maximum absolute atomic E-state index is 11.0. The molecule has 1 rings (SSSR count). The predicted molar refractivity (Wildman–Crippen MR) is 53.6 cm³/mol. The molecule has 1 N–H and O–H groups in total. The minimum atomic E-state index is -0.0425. The largest absolute Gasteiger partial charge is 0.352 e. The number of nitrogens with zero attached hydrogens (tertiary/aromatic N) is 1. The molecule has 0 saturated carbocycles. The highest BCUT2D eigenvalue weighted by Gasteiger charge is 1.96. The quantitative estimate of drug-likeness (QED) is 0.739. The van der Waals surface area contributed by atoms with Gasteiger partial charge in [-0.1, -0.05) is 6.08 Å². The van der Waals surface area contributed by atoms with Crippen LogP contribution in [0, 0.1) is 0 Å². The first-order valence-corrected chi connectivity index (χ1v) is 5.00. The highest BCUT2D eigenvalue weighted by atomic mass is 32.1. The van der Waals surface area contributed by atoms with Gasteiger partial charge >= 0.3 is 0 Å². The van der Waals surface area contributed by atoms with Gasteiger partial charge in [0.25, 0.3) is 0 Å². The van der Waals surface area contributed by atoms with Crippen LogP contribution in [-0.2, 0) is 11.2 Å². The van der Waals surface area contributed by atoms with Crippen molar-refractivity contribution >= 4 is 17.2 Å². The third-order valence-electron chi connectivity index (χ3n) is 1.44. The highest BCUT2D eigenvalue weighted by Crippen LogP contribution is 2.03. The van der Waals surface area contributed by atoms with Crippen molar-refractivity contribution in [2.75, 3.05) is 6.54 Å². The van der Waals surface area contributed by atoms with Crippen LogP contribution in [0.15, 0.2) is 23.7 Å². The lowest BCUT2D eigenvalue weighted by atomic mass is 10.4. The molecule has 0 bridgehead atoms. The van der Waals surface area contributed by atoms with Crippen molar-refractivity contribution in [2.45, 2.75) is 13.3 Å². The molecule has 0 aliphatic heterocycles. The molecule has 0 radical (unpaired) electrons. The van der Waals surface area contributed by atoms with Gasteiger partial charge < -0.3 is 5.32 Å². The van der Waals surface area contributed by atoms with E-state index < -0.39 is 0 Å². The summed E-state index contributed by atoms with van der Waals surface area (Å²) >= 11 is 1.61. The van der Waals surface area contributed by atoms with E-state index in [9.17, 15) is 4.79 Å². The Labute approximate surface area is 81.5 Å². The second kappa shape index (κ2) is 5.48. The normalized spacial score (nSPS) is 10.5. The summed E-state index contributed by atoms with van der Waals surface area (Å²) in [4.78, 5) is 15.1. The molecular formula is C9H12N2OS. The van der Waals surface area contributed by atoms with E-state index in [2.05, 4.69) is 10.3 Å². The van der Waals surface area contributed by atoms with E-state index in [1.54, 1.807) is 23.6 Å². The Morgan fingerprint density at radius 2 is 2.62 bits per heavy atom. The first-order valence-electron chi connectivity index (χ1n) is 4.12. The van der Waals surface area contributed by atoms with Gasteiger partial charge in [-0.05, 0) is 13.0 Å². The molecule has 0 spiro atoms. The zero-order chi connectivity index (χ0) is 9.52. The molecule has 1 heterocycles. The molecular weight excluding hydrogens is 184 g/mol. The van der Waals surface area contributed by atoms with Gasteiger partial charge in [0.1, 0.15) is 0 Å². The Kier molecular flexibility index (Phi) is 4.18. The molecule has 0 atom stereocenters. The van der Waals surface area contributed by atoms with Gasteiger partial charge in [-0.25, -0.2) is 4.98 Å². The third kappa shape index (κ3) is 3.85. The molecule has 1 aromatic rings. The zero-order valence-electron chi connectivity index (χ0n) is 7.49. The van der Waals surface area contributed by atoms with Gasteiger partial charge in [-0.3, -0.25) is 4.79 Å². The van der Waals surface area contributed by atoms with Gasteiger partial charge in [0.15, 0.2) is 0 Å². The molecule has 0 unspecified atom stereocenters. The predicted octanol–water partition coefficient (Wildman–Crippen LogP) is 1.38. The molecule has 1 amide bonds. The maximum Gasteiger partial charge on any atom is 0.243 e. The van der Waals surface area contributed by atoms with E-state index in [0.717, 1.165) is 11.4 Å². The Morgan fingerprint density at radius 3 is 3.23 bits per heavy atom. The van der Waals surface area contributed by atoms with Crippen molar-refractivity contribution in [3.8, 4) is 0 Å². The Bertz CT molecular complexity index is 280. The summed E-state index contributed by atoms with van der Waals surface area (Å²) in [5, 5.41) is 5.75. The summed E-state index contributed by atoms with van der Waals surface area (Å²) in [6.07, 6.45) is 5.81. The number of amides is 1. The van der Waals surface area contributed by atoms with Gasteiger partial charge in [0, 0.05) is 24.5 Å². The lowest BCUT2D eigenvalue weighted by Gasteiger charge is -1.98. The van der Waals surface area contributed by atoms with Crippen molar-refractivity contribution in [3.63, 3.8) is 0 Å². The number of allylic oxidation sites excluding steroid dienone is 1. The molecule has 1 aromatic heterocycles. The Morgan fingerprint density at radius 1 is 1.77 bits per heavy atom. The Hall–Kier alpha value is -1.16. The summed E-state index contributed by atoms with van der Waals surface area (Å²) in [5.41, 5.74) is 0. The van der Waals surface area contributed by atoms with Crippen LogP contribution in [0.1, 0.15) is 11.9 Å². The van der Waals surface area contributed by atoms with Gasteiger partial charge in [0.05, 0.1) is 5.01 Å². The molecule has 4 heteroatoms. The first kappa shape index (κ1) is 9.92. The summed E-state index contributed by atoms with van der Waals surface area (Å²) in [6.45, 7) is 2.47. The van der Waals surface area contributed by atoms with Gasteiger partial charge in [-0.2, -0.15) is 0 Å². The van der Waals surface area contributed by atoms with Gasteiger partial charge in [0.2, 0.25) is 5.91 Å². The van der Waals surface area contributed by atoms with E-state index >= 15 is 0 Å². The second-order valence-corrected chi connectivity index (χ2v) is 3.45. The molecule has 0 aliphatic carbocycles. The average Bonchev–Trinajstić information content (AvgIpc) is 2.57. The molecule has 0 fully saturated rings. The molecule has 13 heavy (non-hydrogen) atoms. The summed E-state index contributed by atoms with van der Waals surface area (Å²) < 4.78 is 0. The van der Waals surface area contributed by atoms with E-state index in [0.29, 0.717) is 6.54 Å². The number of rotatable bonds is 4. The third-order valence-corrected chi connectivity index (χ3v) is 2.28. The highest BCUT2D eigenvalue weighted by molar-refractivity contribution is 7.09. The molecule has 3 nitrogen and oxygen atoms in total. The van der Waals surface area contributed by atoms with Gasteiger partial charge in [-0.15, -0.1) is 11.3 Å². The van der Waals surface area contributed by atoms with Crippen molar-refractivity contribution < 1.29 is 4.79 Å². The van der Waals surface area contributed by atoms with Crippen LogP contribution in [0.25, 0.3) is 0 Å². The first-order chi connectivity index (χ1) is 6.33. The zero-order valence-corrected chi connectivity index (χ0v) is 8.30. The molecule has 0 aliphatic rings. The van der Waals surface area contributed by atoms with E-state index in [-0.39, 0.29) is 5.91 Å². The fraction of sp³-hybridized carbons (Fsp3) is 0.333. The monoisotopic (exact) mass is 196 g/mol. The van der Waals surface area contributed by atoms with Crippen molar-refractivity contribution in [3.05, 3.63) is 28.7 Å². The molecule has 0 saturated heterocycles. The van der Waals surface area contributed by atoms with Crippen LogP contribution in [0.4, 0.5) is 0 Å². The fourth-order valence-electron chi connectivity index (χ4n) is 0.879. The molecule has 0 aromatic carbocycles. The maximum atomic E-state index is 11.0. The number of hydrogen-bond donors (Lipinski definition) is 1. The van der Waals surface area contributed by atoms with E-state index in [1.165, 1.54) is 6.08 Å². The number of aromatic nitrogens is 1. The van der Waals surface area contributed by atoms with Crippen LogP contribution in [0.5, 0.6) is 0 Å². The number of carbonyl (C=O) groups is 1. The number of nitrogens with one attached hydrogen (secondary N) is 1. The van der Waals surface area contributed by atoms with E-state index in [4.69, 9.17) is 0 Å². The fourth-order valence-corrected chi connectivity index (χ4v) is 1.50. The SMILES string of the molecule is CC=CC(=O)NCCc1nccs1. The second-order valence-electron chi connectivity index (χ2n) is 2.47. The van der Waals surface area contributed by atoms with Crippen molar-refractivity contribution in [2.24, 2.45) is 0 Å². The number of carbonyl (C=O) groups excluding carboxylic acids is 1.